The number of carbonyl (C=O) groups is 1. The molecule has 1 atom stereocenters. The second-order valence-corrected chi connectivity index (χ2v) is 7.19. The van der Waals surface area contributed by atoms with Crippen LogP contribution in [0, 0.1) is 0 Å². The standard InChI is InChI=1S/C15H24NO5P/c1-11(2)20-22(19,21-12(3)4)16-14(15(17)18)10-13-8-6-5-7-9-13/h5-9,11-12,14H,10H2,1-4H3,(H,16,19)(H,17,18)/t14-/m0/s1. The van der Waals surface area contributed by atoms with Gasteiger partial charge in [-0.3, -0.25) is 13.8 Å². The van der Waals surface area contributed by atoms with E-state index in [2.05, 4.69) is 5.09 Å². The van der Waals surface area contributed by atoms with Crippen molar-refractivity contribution in [2.75, 3.05) is 0 Å². The summed E-state index contributed by atoms with van der Waals surface area (Å²) < 4.78 is 23.4. The first-order chi connectivity index (χ1) is 10.2. The van der Waals surface area contributed by atoms with Gasteiger partial charge in [0.1, 0.15) is 6.04 Å². The first-order valence-electron chi connectivity index (χ1n) is 7.23. The summed E-state index contributed by atoms with van der Waals surface area (Å²) in [7, 11) is -3.71. The topological polar surface area (TPSA) is 84.9 Å². The second-order valence-electron chi connectivity index (χ2n) is 5.52. The van der Waals surface area contributed by atoms with Gasteiger partial charge in [0.15, 0.2) is 0 Å². The molecule has 1 rings (SSSR count). The largest absolute Gasteiger partial charge is 0.480 e. The molecule has 1 aromatic rings. The van der Waals surface area contributed by atoms with Crippen LogP contribution in [0.1, 0.15) is 33.3 Å². The average Bonchev–Trinajstić information content (AvgIpc) is 2.36. The SMILES string of the molecule is CC(C)OP(=O)(N[C@@H](Cc1ccccc1)C(=O)O)OC(C)C. The first-order valence-corrected chi connectivity index (χ1v) is 8.77. The van der Waals surface area contributed by atoms with E-state index in [1.165, 1.54) is 0 Å². The zero-order chi connectivity index (χ0) is 16.8. The Hall–Kier alpha value is -1.20. The number of nitrogens with one attached hydrogen (secondary N) is 1. The van der Waals surface area contributed by atoms with Crippen molar-refractivity contribution in [1.82, 2.24) is 5.09 Å². The Balaban J connectivity index is 2.89. The zero-order valence-electron chi connectivity index (χ0n) is 13.4. The van der Waals surface area contributed by atoms with Crippen molar-refractivity contribution in [3.63, 3.8) is 0 Å². The van der Waals surface area contributed by atoms with Crippen LogP contribution in [0.3, 0.4) is 0 Å². The Kier molecular flexibility index (Phi) is 7.23. The van der Waals surface area contributed by atoms with Gasteiger partial charge >= 0.3 is 13.7 Å². The molecule has 124 valence electrons. The molecule has 0 radical (unpaired) electrons. The fourth-order valence-electron chi connectivity index (χ4n) is 1.87. The minimum atomic E-state index is -3.71. The van der Waals surface area contributed by atoms with E-state index >= 15 is 0 Å². The summed E-state index contributed by atoms with van der Waals surface area (Å²) in [6.45, 7) is 6.85. The summed E-state index contributed by atoms with van der Waals surface area (Å²) in [5.74, 6) is -1.11. The lowest BCUT2D eigenvalue weighted by atomic mass is 10.1. The number of carboxylic acids is 1. The van der Waals surface area contributed by atoms with Gasteiger partial charge < -0.3 is 5.11 Å². The van der Waals surface area contributed by atoms with Crippen LogP contribution in [-0.4, -0.2) is 29.3 Å². The zero-order valence-corrected chi connectivity index (χ0v) is 14.2. The van der Waals surface area contributed by atoms with Crippen LogP contribution in [0.15, 0.2) is 30.3 Å². The van der Waals surface area contributed by atoms with Gasteiger partial charge in [-0.05, 0) is 39.7 Å². The minimum Gasteiger partial charge on any atom is -0.480 e. The summed E-state index contributed by atoms with van der Waals surface area (Å²) in [4.78, 5) is 11.5. The highest BCUT2D eigenvalue weighted by Gasteiger charge is 2.34. The van der Waals surface area contributed by atoms with Crippen molar-refractivity contribution in [2.45, 2.75) is 52.4 Å². The summed E-state index contributed by atoms with van der Waals surface area (Å²) in [6.07, 6.45) is -0.533. The van der Waals surface area contributed by atoms with Gasteiger partial charge in [-0.25, -0.2) is 9.65 Å². The number of hydrogen-bond acceptors (Lipinski definition) is 4. The summed E-state index contributed by atoms with van der Waals surface area (Å²) in [6, 6.07) is 8.06. The first kappa shape index (κ1) is 18.8. The molecule has 0 aliphatic heterocycles. The van der Waals surface area contributed by atoms with E-state index < -0.39 is 19.8 Å². The van der Waals surface area contributed by atoms with Gasteiger partial charge in [-0.15, -0.1) is 0 Å². The number of carboxylic acid groups (broad SMARTS) is 1. The van der Waals surface area contributed by atoms with Crippen LogP contribution in [0.4, 0.5) is 0 Å². The molecule has 0 amide bonds. The number of rotatable bonds is 9. The third-order valence-electron chi connectivity index (χ3n) is 2.59. The Morgan fingerprint density at radius 3 is 2.05 bits per heavy atom. The maximum absolute atomic E-state index is 12.7. The van der Waals surface area contributed by atoms with Crippen molar-refractivity contribution in [1.29, 1.82) is 0 Å². The Labute approximate surface area is 131 Å². The lowest BCUT2D eigenvalue weighted by Crippen LogP contribution is -2.38. The normalized spacial score (nSPS) is 13.5. The van der Waals surface area contributed by atoms with Crippen LogP contribution >= 0.6 is 7.75 Å². The smallest absolute Gasteiger partial charge is 0.406 e. The van der Waals surface area contributed by atoms with Crippen molar-refractivity contribution in [3.8, 4) is 0 Å². The van der Waals surface area contributed by atoms with Crippen LogP contribution < -0.4 is 5.09 Å². The molecule has 0 unspecified atom stereocenters. The third kappa shape index (κ3) is 6.71. The summed E-state index contributed by atoms with van der Waals surface area (Å²) in [5, 5.41) is 11.9. The Bertz CT molecular complexity index is 504. The van der Waals surface area contributed by atoms with Gasteiger partial charge in [-0.1, -0.05) is 30.3 Å². The molecule has 0 bridgehead atoms. The van der Waals surface area contributed by atoms with E-state index in [0.29, 0.717) is 0 Å². The molecule has 1 aromatic carbocycles. The lowest BCUT2D eigenvalue weighted by molar-refractivity contribution is -0.139. The van der Waals surface area contributed by atoms with E-state index in [0.717, 1.165) is 5.56 Å². The van der Waals surface area contributed by atoms with E-state index in [9.17, 15) is 14.5 Å². The Morgan fingerprint density at radius 1 is 1.14 bits per heavy atom. The molecule has 0 aliphatic rings. The molecule has 0 spiro atoms. The number of hydrogen-bond donors (Lipinski definition) is 2. The van der Waals surface area contributed by atoms with E-state index in [-0.39, 0.29) is 18.6 Å². The molecule has 0 aliphatic carbocycles. The molecule has 22 heavy (non-hydrogen) atoms. The van der Waals surface area contributed by atoms with Gasteiger partial charge in [-0.2, -0.15) is 0 Å². The lowest BCUT2D eigenvalue weighted by Gasteiger charge is -2.26. The molecule has 2 N–H and O–H groups in total. The van der Waals surface area contributed by atoms with Crippen LogP contribution in [-0.2, 0) is 24.8 Å². The van der Waals surface area contributed by atoms with E-state index in [1.807, 2.05) is 30.3 Å². The predicted octanol–water partition coefficient (Wildman–Crippen LogP) is 3.23. The monoisotopic (exact) mass is 329 g/mol. The molecule has 0 heterocycles. The predicted molar refractivity (Wildman–Crippen MR) is 84.8 cm³/mol. The molecule has 0 saturated carbocycles. The Morgan fingerprint density at radius 2 is 1.64 bits per heavy atom. The maximum atomic E-state index is 12.7. The molecule has 7 heteroatoms. The second kappa shape index (κ2) is 8.44. The fourth-order valence-corrected chi connectivity index (χ4v) is 3.73. The number of aliphatic carboxylic acids is 1. The highest BCUT2D eigenvalue weighted by Crippen LogP contribution is 2.47. The number of benzene rings is 1. The van der Waals surface area contributed by atoms with Gasteiger partial charge in [0.25, 0.3) is 0 Å². The fraction of sp³-hybridized carbons (Fsp3) is 0.533. The van der Waals surface area contributed by atoms with Gasteiger partial charge in [0.2, 0.25) is 0 Å². The third-order valence-corrected chi connectivity index (χ3v) is 4.62. The van der Waals surface area contributed by atoms with Crippen LogP contribution in [0.25, 0.3) is 0 Å². The van der Waals surface area contributed by atoms with Crippen molar-refractivity contribution >= 4 is 13.7 Å². The highest BCUT2D eigenvalue weighted by molar-refractivity contribution is 7.51. The molecule has 6 nitrogen and oxygen atoms in total. The van der Waals surface area contributed by atoms with Crippen molar-refractivity contribution < 1.29 is 23.5 Å². The van der Waals surface area contributed by atoms with Crippen molar-refractivity contribution in [3.05, 3.63) is 35.9 Å². The van der Waals surface area contributed by atoms with Crippen LogP contribution in [0.5, 0.6) is 0 Å². The quantitative estimate of drug-likeness (QED) is 0.677. The minimum absolute atomic E-state index is 0.184. The average molecular weight is 329 g/mol. The van der Waals surface area contributed by atoms with E-state index in [4.69, 9.17) is 9.05 Å². The molecule has 0 saturated heterocycles. The van der Waals surface area contributed by atoms with Crippen LogP contribution in [0.2, 0.25) is 0 Å². The van der Waals surface area contributed by atoms with Crippen molar-refractivity contribution in [2.24, 2.45) is 0 Å². The molecule has 0 aromatic heterocycles. The molecular weight excluding hydrogens is 305 g/mol. The highest BCUT2D eigenvalue weighted by atomic mass is 31.2. The molecular formula is C15H24NO5P. The van der Waals surface area contributed by atoms with Gasteiger partial charge in [0, 0.05) is 0 Å². The van der Waals surface area contributed by atoms with E-state index in [1.54, 1.807) is 27.7 Å². The van der Waals surface area contributed by atoms with Gasteiger partial charge in [0.05, 0.1) is 12.2 Å². The summed E-state index contributed by atoms with van der Waals surface area (Å²) >= 11 is 0. The maximum Gasteiger partial charge on any atom is 0.406 e. The summed E-state index contributed by atoms with van der Waals surface area (Å²) in [5.41, 5.74) is 0.822. The molecule has 0 fully saturated rings.